The van der Waals surface area contributed by atoms with E-state index in [1.165, 1.54) is 11.6 Å². The van der Waals surface area contributed by atoms with Gasteiger partial charge in [-0.25, -0.2) is 19.9 Å². The number of carbonyl (C=O) groups is 1. The maximum absolute atomic E-state index is 13.9. The van der Waals surface area contributed by atoms with Crippen LogP contribution in [0.4, 0.5) is 13.2 Å². The summed E-state index contributed by atoms with van der Waals surface area (Å²) < 4.78 is 48.5. The molecule has 4 heterocycles. The van der Waals surface area contributed by atoms with Crippen molar-refractivity contribution in [2.24, 2.45) is 0 Å². The van der Waals surface area contributed by atoms with Gasteiger partial charge in [0.05, 0.1) is 13.0 Å². The summed E-state index contributed by atoms with van der Waals surface area (Å²) in [5.41, 5.74) is 3.74. The molecule has 3 aromatic rings. The van der Waals surface area contributed by atoms with Gasteiger partial charge in [-0.3, -0.25) is 4.79 Å². The van der Waals surface area contributed by atoms with Crippen molar-refractivity contribution in [3.63, 3.8) is 0 Å². The number of pyridine rings is 1. The molecule has 8 nitrogen and oxygen atoms in total. The third kappa shape index (κ3) is 3.08. The molecular formula is C21H19F3N6O2. The van der Waals surface area contributed by atoms with E-state index >= 15 is 0 Å². The molecule has 1 fully saturated rings. The van der Waals surface area contributed by atoms with Gasteiger partial charge in [-0.15, -0.1) is 5.10 Å². The number of fused-ring (bicyclic) bond motifs is 2. The number of aromatic nitrogens is 3. The van der Waals surface area contributed by atoms with Crippen LogP contribution >= 0.6 is 0 Å². The monoisotopic (exact) mass is 444 g/mol. The molecule has 32 heavy (non-hydrogen) atoms. The molecule has 5 rings (SSSR count). The Labute approximate surface area is 180 Å². The highest BCUT2D eigenvalue weighted by Gasteiger charge is 2.58. The van der Waals surface area contributed by atoms with Crippen LogP contribution in [0.1, 0.15) is 24.2 Å². The van der Waals surface area contributed by atoms with Crippen LogP contribution in [0.2, 0.25) is 0 Å². The Hall–Kier alpha value is -3.60. The Balaban J connectivity index is 1.58. The van der Waals surface area contributed by atoms with Gasteiger partial charge in [0.2, 0.25) is 0 Å². The van der Waals surface area contributed by atoms with Crippen LogP contribution in [0, 0.1) is 0 Å². The van der Waals surface area contributed by atoms with Crippen LogP contribution in [0.15, 0.2) is 54.4 Å². The summed E-state index contributed by atoms with van der Waals surface area (Å²) in [5.74, 6) is -1.12. The number of rotatable bonds is 3. The molecule has 0 bridgehead atoms. The van der Waals surface area contributed by atoms with Gasteiger partial charge in [0.15, 0.2) is 17.2 Å². The molecule has 1 aromatic carbocycles. The Morgan fingerprint density at radius 1 is 1.12 bits per heavy atom. The van der Waals surface area contributed by atoms with Crippen LogP contribution in [0.3, 0.4) is 0 Å². The highest BCUT2D eigenvalue weighted by atomic mass is 19.4. The first-order chi connectivity index (χ1) is 15.3. The van der Waals surface area contributed by atoms with Gasteiger partial charge in [0.1, 0.15) is 17.8 Å². The minimum atomic E-state index is -4.57. The molecule has 2 aromatic heterocycles. The number of hydrazine groups is 1. The smallest absolute Gasteiger partial charge is 0.406 e. The molecule has 2 aliphatic rings. The molecule has 1 saturated heterocycles. The van der Waals surface area contributed by atoms with Crippen LogP contribution in [-0.2, 0) is 4.79 Å². The maximum atomic E-state index is 13.9. The van der Waals surface area contributed by atoms with E-state index in [1.807, 2.05) is 0 Å². The number of allylic oxidation sites excluding steroid dienone is 1. The molecule has 2 N–H and O–H groups in total. The molecule has 166 valence electrons. The number of carbonyl (C=O) groups excluding carboxylic acids is 1. The minimum Gasteiger partial charge on any atom is -0.493 e. The van der Waals surface area contributed by atoms with Gasteiger partial charge in [-0.05, 0) is 24.6 Å². The Bertz CT molecular complexity index is 1220. The molecule has 0 spiro atoms. The molecule has 3 unspecified atom stereocenters. The van der Waals surface area contributed by atoms with Crippen molar-refractivity contribution >= 4 is 17.1 Å². The average molecular weight is 444 g/mol. The normalized spacial score (nSPS) is 23.5. The number of methoxy groups -OCH3 is 1. The van der Waals surface area contributed by atoms with Crippen molar-refractivity contribution in [2.75, 3.05) is 7.11 Å². The molecule has 2 aliphatic heterocycles. The summed E-state index contributed by atoms with van der Waals surface area (Å²) in [6.45, 7) is 1.64. The topological polar surface area (TPSA) is 83.8 Å². The van der Waals surface area contributed by atoms with Crippen LogP contribution in [-0.4, -0.2) is 51.0 Å². The summed E-state index contributed by atoms with van der Waals surface area (Å²) in [6, 6.07) is 9.83. The van der Waals surface area contributed by atoms with Crippen LogP contribution in [0.5, 0.6) is 5.75 Å². The third-order valence-electron chi connectivity index (χ3n) is 5.73. The SMILES string of the molecule is COc1cccn2nc(C3=C(C)NC4C(c5ccccc5)C(C(F)(F)F)NN4C3=O)nc12. The summed E-state index contributed by atoms with van der Waals surface area (Å²) >= 11 is 0. The van der Waals surface area contributed by atoms with Gasteiger partial charge < -0.3 is 10.1 Å². The molecule has 3 atom stereocenters. The highest BCUT2D eigenvalue weighted by molar-refractivity contribution is 6.20. The zero-order valence-corrected chi connectivity index (χ0v) is 17.1. The lowest BCUT2D eigenvalue weighted by molar-refractivity contribution is -0.161. The second-order valence-electron chi connectivity index (χ2n) is 7.63. The summed E-state index contributed by atoms with van der Waals surface area (Å²) in [5, 5.41) is 8.42. The molecule has 1 amide bonds. The summed E-state index contributed by atoms with van der Waals surface area (Å²) in [7, 11) is 1.49. The van der Waals surface area contributed by atoms with Gasteiger partial charge in [0.25, 0.3) is 5.91 Å². The number of nitrogens with zero attached hydrogens (tertiary/aromatic N) is 4. The van der Waals surface area contributed by atoms with Gasteiger partial charge >= 0.3 is 6.18 Å². The summed E-state index contributed by atoms with van der Waals surface area (Å²) in [4.78, 5) is 17.8. The molecular weight excluding hydrogens is 425 g/mol. The van der Waals surface area contributed by atoms with Crippen molar-refractivity contribution in [3.05, 3.63) is 65.7 Å². The number of halogens is 3. The van der Waals surface area contributed by atoms with Crippen molar-refractivity contribution in [2.45, 2.75) is 31.2 Å². The first-order valence-electron chi connectivity index (χ1n) is 9.88. The van der Waals surface area contributed by atoms with E-state index in [0.29, 0.717) is 22.7 Å². The van der Waals surface area contributed by atoms with E-state index in [9.17, 15) is 18.0 Å². The quantitative estimate of drug-likeness (QED) is 0.646. The van der Waals surface area contributed by atoms with Gasteiger partial charge in [0, 0.05) is 11.9 Å². The van der Waals surface area contributed by atoms with Gasteiger partial charge in [-0.2, -0.15) is 13.2 Å². The Morgan fingerprint density at radius 3 is 2.56 bits per heavy atom. The first-order valence-corrected chi connectivity index (χ1v) is 9.88. The van der Waals surface area contributed by atoms with E-state index in [1.54, 1.807) is 55.6 Å². The van der Waals surface area contributed by atoms with E-state index < -0.39 is 30.2 Å². The fraction of sp³-hybridized carbons (Fsp3) is 0.286. The minimum absolute atomic E-state index is 0.0918. The van der Waals surface area contributed by atoms with Crippen molar-refractivity contribution in [1.29, 1.82) is 0 Å². The largest absolute Gasteiger partial charge is 0.493 e. The second kappa shape index (κ2) is 7.23. The first kappa shape index (κ1) is 20.3. The zero-order valence-electron chi connectivity index (χ0n) is 17.1. The zero-order chi connectivity index (χ0) is 22.6. The Kier molecular flexibility index (Phi) is 4.59. The van der Waals surface area contributed by atoms with Gasteiger partial charge in [-0.1, -0.05) is 30.3 Å². The second-order valence-corrected chi connectivity index (χ2v) is 7.63. The average Bonchev–Trinajstić information content (AvgIpc) is 3.36. The van der Waals surface area contributed by atoms with E-state index in [4.69, 9.17) is 4.74 Å². The molecule has 0 radical (unpaired) electrons. The van der Waals surface area contributed by atoms with Crippen LogP contribution < -0.4 is 15.5 Å². The number of hydrogen-bond donors (Lipinski definition) is 2. The number of hydrogen-bond acceptors (Lipinski definition) is 6. The lowest BCUT2D eigenvalue weighted by Gasteiger charge is -2.34. The number of ether oxygens (including phenoxy) is 1. The van der Waals surface area contributed by atoms with Crippen molar-refractivity contribution in [1.82, 2.24) is 30.3 Å². The lowest BCUT2D eigenvalue weighted by Crippen LogP contribution is -2.54. The molecule has 11 heteroatoms. The maximum Gasteiger partial charge on any atom is 0.406 e. The van der Waals surface area contributed by atoms with Crippen molar-refractivity contribution < 1.29 is 22.7 Å². The summed E-state index contributed by atoms with van der Waals surface area (Å²) in [6.07, 6.45) is -3.85. The number of amides is 1. The highest BCUT2D eigenvalue weighted by Crippen LogP contribution is 2.42. The molecule has 0 saturated carbocycles. The van der Waals surface area contributed by atoms with E-state index in [-0.39, 0.29) is 11.4 Å². The fourth-order valence-electron chi connectivity index (χ4n) is 4.30. The Morgan fingerprint density at radius 2 is 1.88 bits per heavy atom. The predicted octanol–water partition coefficient (Wildman–Crippen LogP) is 2.46. The number of alkyl halides is 3. The van der Waals surface area contributed by atoms with E-state index in [0.717, 1.165) is 5.01 Å². The lowest BCUT2D eigenvalue weighted by atomic mass is 9.89. The fourth-order valence-corrected chi connectivity index (χ4v) is 4.30. The van der Waals surface area contributed by atoms with E-state index in [2.05, 4.69) is 20.8 Å². The van der Waals surface area contributed by atoms with Crippen molar-refractivity contribution in [3.8, 4) is 5.75 Å². The molecule has 0 aliphatic carbocycles. The number of nitrogens with one attached hydrogen (secondary N) is 2. The predicted molar refractivity (Wildman–Crippen MR) is 108 cm³/mol. The standard InChI is InChI=1S/C21H19F3N6O2/c1-11-14(17-26-18-13(32-2)9-6-10-29(18)28-17)20(31)30-19(25-11)15(12-7-4-3-5-8-12)16(27-30)21(22,23)24/h3-10,15-16,19,25,27H,1-2H3. The number of benzene rings is 1. The third-order valence-corrected chi connectivity index (χ3v) is 5.73. The van der Waals surface area contributed by atoms with Crippen LogP contribution in [0.25, 0.3) is 11.2 Å².